The van der Waals surface area contributed by atoms with Crippen molar-refractivity contribution in [1.82, 2.24) is 9.97 Å². The molecule has 0 bridgehead atoms. The van der Waals surface area contributed by atoms with Gasteiger partial charge in [-0.15, -0.1) is 0 Å². The molecule has 1 amide bonds. The predicted octanol–water partition coefficient (Wildman–Crippen LogP) is 3.53. The Bertz CT molecular complexity index is 1610. The number of hydrogen-bond donors (Lipinski definition) is 2. The third-order valence-corrected chi connectivity index (χ3v) is 9.20. The summed E-state index contributed by atoms with van der Waals surface area (Å²) < 4.78 is 56.8. The fraction of sp³-hybridized carbons (Fsp3) is 0.150. The number of thiazole rings is 2. The fourth-order valence-corrected chi connectivity index (χ4v) is 6.64. The smallest absolute Gasteiger partial charge is 0.269 e. The molecule has 4 rings (SSSR count). The number of methoxy groups -OCH3 is 1. The number of anilines is 2. The van der Waals surface area contributed by atoms with Gasteiger partial charge in [-0.05, 0) is 49.4 Å². The Labute approximate surface area is 203 Å². The highest BCUT2D eigenvalue weighted by molar-refractivity contribution is 7.93. The zero-order valence-electron chi connectivity index (χ0n) is 18.0. The van der Waals surface area contributed by atoms with Gasteiger partial charge in [0.05, 0.1) is 32.8 Å². The van der Waals surface area contributed by atoms with E-state index in [1.165, 1.54) is 43.5 Å². The molecular weight excluding hydrogens is 521 g/mol. The van der Waals surface area contributed by atoms with Crippen LogP contribution in [0.15, 0.2) is 52.3 Å². The molecule has 0 fully saturated rings. The maximum atomic E-state index is 12.8. The number of hydrogen-bond acceptors (Lipinski definition) is 10. The first-order valence-corrected chi connectivity index (χ1v) is 14.5. The lowest BCUT2D eigenvalue weighted by atomic mass is 10.3. The maximum absolute atomic E-state index is 12.8. The number of nitrogens with zero attached hydrogens (tertiary/aromatic N) is 2. The minimum Gasteiger partial charge on any atom is -0.497 e. The zero-order chi connectivity index (χ0) is 24.7. The molecule has 4 aromatic rings. The van der Waals surface area contributed by atoms with Gasteiger partial charge in [0.25, 0.3) is 15.9 Å². The van der Waals surface area contributed by atoms with Crippen LogP contribution < -0.4 is 14.8 Å². The first kappa shape index (κ1) is 24.1. The van der Waals surface area contributed by atoms with Crippen molar-refractivity contribution in [3.63, 3.8) is 0 Å². The molecule has 0 aliphatic heterocycles. The highest BCUT2D eigenvalue weighted by Crippen LogP contribution is 2.30. The van der Waals surface area contributed by atoms with Gasteiger partial charge < -0.3 is 4.74 Å². The Morgan fingerprint density at radius 2 is 1.62 bits per heavy atom. The number of aromatic nitrogens is 2. The van der Waals surface area contributed by atoms with Crippen LogP contribution in [0, 0.1) is 6.92 Å². The molecule has 178 valence electrons. The van der Waals surface area contributed by atoms with Crippen LogP contribution in [-0.4, -0.2) is 46.1 Å². The van der Waals surface area contributed by atoms with Gasteiger partial charge in [0.15, 0.2) is 20.1 Å². The van der Waals surface area contributed by atoms with Crippen LogP contribution in [-0.2, 0) is 19.9 Å². The number of amides is 1. The van der Waals surface area contributed by atoms with Gasteiger partial charge in [-0.3, -0.25) is 14.8 Å². The van der Waals surface area contributed by atoms with Crippen LogP contribution in [0.3, 0.4) is 0 Å². The Morgan fingerprint density at radius 3 is 2.26 bits per heavy atom. The monoisotopic (exact) mass is 538 g/mol. The fourth-order valence-electron chi connectivity index (χ4n) is 2.92. The Kier molecular flexibility index (Phi) is 6.33. The Balaban J connectivity index is 1.53. The molecule has 0 aliphatic rings. The normalized spacial score (nSPS) is 12.0. The summed E-state index contributed by atoms with van der Waals surface area (Å²) in [6.45, 7) is 1.59. The van der Waals surface area contributed by atoms with Crippen LogP contribution in [0.2, 0.25) is 0 Å². The van der Waals surface area contributed by atoms with Crippen molar-refractivity contribution in [2.45, 2.75) is 16.7 Å². The van der Waals surface area contributed by atoms with Gasteiger partial charge >= 0.3 is 0 Å². The first-order chi connectivity index (χ1) is 16.0. The van der Waals surface area contributed by atoms with E-state index in [2.05, 4.69) is 20.0 Å². The van der Waals surface area contributed by atoms with E-state index in [9.17, 15) is 21.6 Å². The van der Waals surface area contributed by atoms with Crippen LogP contribution in [0.4, 0.5) is 10.3 Å². The minimum absolute atomic E-state index is 0.0232. The summed E-state index contributed by atoms with van der Waals surface area (Å²) in [5.74, 6) is 0.0117. The summed E-state index contributed by atoms with van der Waals surface area (Å²) in [7, 11) is -5.80. The number of aryl methyl sites for hydroxylation is 1. The number of sulfone groups is 1. The standard InChI is InChI=1S/C20H18N4O6S4/c1-11-17(32-20(21-11)24-34(28,29)13-6-4-12(30-2)5-7-13)18(25)23-19-22-15-9-8-14(33(3,26)27)10-16(15)31-19/h4-10H,1-3H3,(H,21,24)(H,22,23,25). The van der Waals surface area contributed by atoms with Crippen molar-refractivity contribution < 1.29 is 26.4 Å². The van der Waals surface area contributed by atoms with Crippen molar-refractivity contribution in [2.75, 3.05) is 23.4 Å². The molecule has 2 aromatic carbocycles. The highest BCUT2D eigenvalue weighted by atomic mass is 32.2. The summed E-state index contributed by atoms with van der Waals surface area (Å²) in [5.41, 5.74) is 0.886. The second-order valence-corrected chi connectivity index (χ2v) is 12.8. The van der Waals surface area contributed by atoms with Gasteiger partial charge in [-0.25, -0.2) is 26.8 Å². The number of ether oxygens (including phenoxy) is 1. The first-order valence-electron chi connectivity index (χ1n) is 9.52. The molecule has 10 nitrogen and oxygen atoms in total. The summed E-state index contributed by atoms with van der Waals surface area (Å²) in [5, 5.41) is 2.98. The molecular formula is C20H18N4O6S4. The molecule has 2 aromatic heterocycles. The van der Waals surface area contributed by atoms with Crippen molar-refractivity contribution in [3.8, 4) is 5.75 Å². The molecule has 14 heteroatoms. The lowest BCUT2D eigenvalue weighted by molar-refractivity contribution is 0.102. The second kappa shape index (κ2) is 8.94. The van der Waals surface area contributed by atoms with E-state index in [1.54, 1.807) is 13.0 Å². The minimum atomic E-state index is -3.91. The molecule has 0 aliphatic carbocycles. The molecule has 0 atom stereocenters. The van der Waals surface area contributed by atoms with Crippen LogP contribution in [0.1, 0.15) is 15.4 Å². The van der Waals surface area contributed by atoms with E-state index >= 15 is 0 Å². The largest absolute Gasteiger partial charge is 0.497 e. The molecule has 0 unspecified atom stereocenters. The number of carbonyl (C=O) groups is 1. The summed E-state index contributed by atoms with van der Waals surface area (Å²) >= 11 is 2.02. The molecule has 0 saturated carbocycles. The average Bonchev–Trinajstić information content (AvgIpc) is 3.34. The van der Waals surface area contributed by atoms with E-state index < -0.39 is 25.8 Å². The number of benzene rings is 2. The molecule has 0 saturated heterocycles. The van der Waals surface area contributed by atoms with Crippen LogP contribution >= 0.6 is 22.7 Å². The molecule has 2 N–H and O–H groups in total. The van der Waals surface area contributed by atoms with Gasteiger partial charge in [0, 0.05) is 6.26 Å². The SMILES string of the molecule is COc1ccc(S(=O)(=O)Nc2nc(C)c(C(=O)Nc3nc4ccc(S(C)(=O)=O)cc4s3)s2)cc1. The number of nitrogens with one attached hydrogen (secondary N) is 2. The van der Waals surface area contributed by atoms with E-state index in [-0.39, 0.29) is 24.9 Å². The topological polar surface area (TPSA) is 144 Å². The van der Waals surface area contributed by atoms with Crippen molar-refractivity contribution in [1.29, 1.82) is 0 Å². The van der Waals surface area contributed by atoms with Gasteiger partial charge in [-0.1, -0.05) is 22.7 Å². The summed E-state index contributed by atoms with van der Waals surface area (Å²) in [4.78, 5) is 21.7. The third-order valence-electron chi connectivity index (χ3n) is 4.60. The Morgan fingerprint density at radius 1 is 0.941 bits per heavy atom. The van der Waals surface area contributed by atoms with E-state index in [0.717, 1.165) is 28.9 Å². The number of rotatable bonds is 7. The number of carbonyl (C=O) groups excluding carboxylic acids is 1. The summed E-state index contributed by atoms with van der Waals surface area (Å²) in [6, 6.07) is 10.4. The van der Waals surface area contributed by atoms with Crippen LogP contribution in [0.5, 0.6) is 5.75 Å². The van der Waals surface area contributed by atoms with Crippen molar-refractivity contribution >= 4 is 68.9 Å². The second-order valence-electron chi connectivity index (χ2n) is 7.09. The Hall–Kier alpha value is -3.07. The van der Waals surface area contributed by atoms with E-state index in [0.29, 0.717) is 21.7 Å². The lowest BCUT2D eigenvalue weighted by Crippen LogP contribution is -2.12. The number of fused-ring (bicyclic) bond motifs is 1. The van der Waals surface area contributed by atoms with E-state index in [1.807, 2.05) is 0 Å². The molecule has 0 spiro atoms. The molecule has 2 heterocycles. The predicted molar refractivity (Wildman–Crippen MR) is 131 cm³/mol. The maximum Gasteiger partial charge on any atom is 0.269 e. The number of sulfonamides is 1. The molecule has 0 radical (unpaired) electrons. The average molecular weight is 539 g/mol. The van der Waals surface area contributed by atoms with Crippen LogP contribution in [0.25, 0.3) is 10.2 Å². The lowest BCUT2D eigenvalue weighted by Gasteiger charge is -2.06. The zero-order valence-corrected chi connectivity index (χ0v) is 21.3. The third kappa shape index (κ3) is 5.04. The summed E-state index contributed by atoms with van der Waals surface area (Å²) in [6.07, 6.45) is 1.12. The van der Waals surface area contributed by atoms with Gasteiger partial charge in [-0.2, -0.15) is 0 Å². The quantitative estimate of drug-likeness (QED) is 0.364. The molecule has 34 heavy (non-hydrogen) atoms. The van der Waals surface area contributed by atoms with Gasteiger partial charge in [0.1, 0.15) is 10.6 Å². The van der Waals surface area contributed by atoms with Crippen molar-refractivity contribution in [2.24, 2.45) is 0 Å². The van der Waals surface area contributed by atoms with Crippen molar-refractivity contribution in [3.05, 3.63) is 53.0 Å². The highest BCUT2D eigenvalue weighted by Gasteiger charge is 2.21. The van der Waals surface area contributed by atoms with Gasteiger partial charge in [0.2, 0.25) is 0 Å². The van der Waals surface area contributed by atoms with E-state index in [4.69, 9.17) is 4.74 Å².